The van der Waals surface area contributed by atoms with Gasteiger partial charge in [0.1, 0.15) is 37.3 Å². The molecule has 13 aliphatic rings. The lowest BCUT2D eigenvalue weighted by Gasteiger charge is -3.11. The summed E-state index contributed by atoms with van der Waals surface area (Å²) in [5.74, 6) is -3.70. The van der Waals surface area contributed by atoms with Gasteiger partial charge >= 0.3 is 18.0 Å². The van der Waals surface area contributed by atoms with E-state index in [1.807, 2.05) is 25.1 Å². The predicted molar refractivity (Wildman–Crippen MR) is 291 cm³/mol. The Labute approximate surface area is 497 Å². The van der Waals surface area contributed by atoms with Gasteiger partial charge in [-0.25, -0.2) is 14.4 Å². The summed E-state index contributed by atoms with van der Waals surface area (Å²) in [6.45, 7) is 2.92. The van der Waals surface area contributed by atoms with Gasteiger partial charge in [0.15, 0.2) is 29.6 Å². The highest BCUT2D eigenvalue weighted by molar-refractivity contribution is 6.02. The molecule has 12 fully saturated rings. The van der Waals surface area contributed by atoms with E-state index in [9.17, 15) is 73.8 Å². The number of allylic oxidation sites excluding steroid dienone is 4. The summed E-state index contributed by atoms with van der Waals surface area (Å²) in [7, 11) is 0. The Kier molecular flexibility index (Phi) is 13.5. The van der Waals surface area contributed by atoms with E-state index in [1.165, 1.54) is 18.2 Å². The zero-order chi connectivity index (χ0) is 61.2. The maximum Gasteiger partial charge on any atom is 0.407 e. The average Bonchev–Trinajstić information content (AvgIpc) is 1.50. The minimum atomic E-state index is -2.00. The monoisotopic (exact) mass is 1200 g/mol. The van der Waals surface area contributed by atoms with E-state index in [2.05, 4.69) is 35.0 Å². The SMILES string of the molecule is C[C@]12C=CC(=O)C=C1CC[C@@H]1[C@@H]2[C@@H](O)C[C@@]2(C)[C@H]1C[C@H]1O[C@@H](c3ccc(CC45C6C7C4C4C5C6C74NC(=O)OCc4ccc(O[C@@H]5O[C@H](C(=O)O)[C@@H](O)[C@H](O)[C@H]5O)c(NC(=O)CCNC(=O)CCC(=O)ON5C(=O)CCC5=O)c4)cc3)O[C@]12C(=O)CO. The molecule has 3 saturated heterocycles. The Balaban J connectivity index is 0.583. The largest absolute Gasteiger partial charge is 0.479 e. The van der Waals surface area contributed by atoms with Gasteiger partial charge in [-0.1, -0.05) is 55.8 Å². The maximum atomic E-state index is 14.1. The van der Waals surface area contributed by atoms with Crippen molar-refractivity contribution in [1.29, 1.82) is 0 Å². The van der Waals surface area contributed by atoms with Crippen LogP contribution in [0.4, 0.5) is 10.5 Å². The highest BCUT2D eigenvalue weighted by Crippen LogP contribution is 3.07. The smallest absolute Gasteiger partial charge is 0.407 e. The van der Waals surface area contributed by atoms with E-state index in [4.69, 9.17) is 28.5 Å². The second-order valence-corrected chi connectivity index (χ2v) is 26.5. The molecule has 9 saturated carbocycles. The van der Waals surface area contributed by atoms with E-state index in [0.717, 1.165) is 36.0 Å². The van der Waals surface area contributed by atoms with Crippen molar-refractivity contribution < 1.29 is 102 Å². The number of fused-ring (bicyclic) bond motifs is 7. The molecule has 25 nitrogen and oxygen atoms in total. The van der Waals surface area contributed by atoms with Crippen molar-refractivity contribution in [3.05, 3.63) is 83.0 Å². The minimum absolute atomic E-state index is 0.0218. The molecule has 15 rings (SSSR count). The van der Waals surface area contributed by atoms with E-state index in [-0.39, 0.29) is 91.2 Å². The summed E-state index contributed by atoms with van der Waals surface area (Å²) in [6, 6.07) is 12.4. The summed E-state index contributed by atoms with van der Waals surface area (Å²) in [5, 5.41) is 72.1. The van der Waals surface area contributed by atoms with E-state index in [0.29, 0.717) is 52.6 Å². The average molecular weight is 1210 g/mol. The molecule has 0 unspecified atom stereocenters. The predicted octanol–water partition coefficient (Wildman–Crippen LogP) is 1.35. The molecular formula is C62H68N4O21. The first-order valence-corrected chi connectivity index (χ1v) is 30.0. The number of hydroxylamine groups is 2. The van der Waals surface area contributed by atoms with Gasteiger partial charge in [-0.05, 0) is 120 Å². The third-order valence-electron chi connectivity index (χ3n) is 22.9. The van der Waals surface area contributed by atoms with Crippen molar-refractivity contribution in [3.63, 3.8) is 0 Å². The number of nitrogens with zero attached hydrogens (tertiary/aromatic N) is 1. The Bertz CT molecular complexity index is 3330. The van der Waals surface area contributed by atoms with Crippen LogP contribution in [0.1, 0.15) is 94.6 Å². The van der Waals surface area contributed by atoms with Crippen LogP contribution in [0.2, 0.25) is 0 Å². The molecule has 0 spiro atoms. The van der Waals surface area contributed by atoms with Crippen LogP contribution < -0.4 is 20.7 Å². The number of rotatable bonds is 19. The fourth-order valence-electron chi connectivity index (χ4n) is 19.5. The van der Waals surface area contributed by atoms with Gasteiger partial charge in [-0.15, -0.1) is 5.06 Å². The Morgan fingerprint density at radius 3 is 2.18 bits per heavy atom. The number of amides is 5. The zero-order valence-corrected chi connectivity index (χ0v) is 47.5. The zero-order valence-electron chi connectivity index (χ0n) is 47.5. The molecule has 2 aromatic carbocycles. The number of hydrogen-bond donors (Lipinski definition) is 9. The van der Waals surface area contributed by atoms with Crippen molar-refractivity contribution in [2.75, 3.05) is 18.5 Å². The summed E-state index contributed by atoms with van der Waals surface area (Å²) < 4.78 is 30.4. The number of carboxylic acids is 1. The number of aliphatic carboxylic acids is 1. The van der Waals surface area contributed by atoms with Gasteiger partial charge in [-0.2, -0.15) is 0 Å². The number of aliphatic hydroxyl groups is 5. The molecule has 0 radical (unpaired) electrons. The maximum absolute atomic E-state index is 14.1. The molecule has 5 amide bonds. The molecule has 2 aromatic rings. The van der Waals surface area contributed by atoms with Gasteiger partial charge < -0.3 is 75.1 Å². The minimum Gasteiger partial charge on any atom is -0.479 e. The Morgan fingerprint density at radius 1 is 0.793 bits per heavy atom. The number of hydrogen-bond acceptors (Lipinski definition) is 20. The number of benzene rings is 2. The normalized spacial score (nSPS) is 42.1. The number of aliphatic hydroxyl groups excluding tert-OH is 5. The topological polar surface area (TPSA) is 370 Å². The highest BCUT2D eigenvalue weighted by atomic mass is 16.7. The number of nitrogens with one attached hydrogen (secondary N) is 3. The van der Waals surface area contributed by atoms with Crippen LogP contribution in [0.25, 0.3) is 0 Å². The molecule has 87 heavy (non-hydrogen) atoms. The Morgan fingerprint density at radius 2 is 1.49 bits per heavy atom. The van der Waals surface area contributed by atoms with Gasteiger partial charge in [0.2, 0.25) is 18.1 Å². The van der Waals surface area contributed by atoms with Crippen molar-refractivity contribution >= 4 is 58.9 Å². The molecule has 10 aliphatic carbocycles. The van der Waals surface area contributed by atoms with Crippen LogP contribution in [-0.4, -0.2) is 156 Å². The van der Waals surface area contributed by atoms with E-state index >= 15 is 0 Å². The molecule has 9 N–H and O–H groups in total. The number of ether oxygens (including phenoxy) is 5. The van der Waals surface area contributed by atoms with Crippen LogP contribution in [0.3, 0.4) is 0 Å². The fraction of sp³-hybridized carbons (Fsp3) is 0.597. The lowest BCUT2D eigenvalue weighted by atomic mass is 8.94. The Hall–Kier alpha value is -6.97. The quantitative estimate of drug-likeness (QED) is 0.0897. The first-order chi connectivity index (χ1) is 41.5. The van der Waals surface area contributed by atoms with Crippen LogP contribution in [-0.2, 0) is 75.2 Å². The van der Waals surface area contributed by atoms with Crippen molar-refractivity contribution in [2.24, 2.45) is 69.5 Å². The van der Waals surface area contributed by atoms with Crippen molar-refractivity contribution in [2.45, 2.75) is 145 Å². The number of anilines is 1. The van der Waals surface area contributed by atoms with Crippen LogP contribution in [0.15, 0.2) is 66.3 Å². The molecule has 3 heterocycles. The number of imide groups is 1. The lowest BCUT2D eigenvalue weighted by Crippen LogP contribution is -3.15. The number of carboxylic acid groups (broad SMARTS) is 1. The summed E-state index contributed by atoms with van der Waals surface area (Å²) in [6.07, 6.45) is -5.54. The van der Waals surface area contributed by atoms with Gasteiger partial charge in [0.25, 0.3) is 11.8 Å². The second kappa shape index (κ2) is 20.3. The first kappa shape index (κ1) is 57.8. The molecular weight excluding hydrogens is 1140 g/mol. The second-order valence-electron chi connectivity index (χ2n) is 26.5. The number of ketones is 2. The molecule has 0 aromatic heterocycles. The highest BCUT2D eigenvalue weighted by Gasteiger charge is 3.10. The number of alkyl carbamates (subject to hydrolysis) is 1. The summed E-state index contributed by atoms with van der Waals surface area (Å²) >= 11 is 0. The van der Waals surface area contributed by atoms with Gasteiger partial charge in [0, 0.05) is 54.5 Å². The number of Topliss-reactive ketones (excluding diaryl/α,β-unsaturated/α-hetero) is 1. The van der Waals surface area contributed by atoms with Crippen LogP contribution in [0.5, 0.6) is 5.75 Å². The number of carbonyl (C=O) groups excluding carboxylic acids is 8. The third-order valence-corrected chi connectivity index (χ3v) is 22.9. The van der Waals surface area contributed by atoms with Crippen LogP contribution >= 0.6 is 0 Å². The summed E-state index contributed by atoms with van der Waals surface area (Å²) in [4.78, 5) is 118. The standard InChI is InChI=1S/C62H68N4O21/c1-58-17-15-30(68)20-29(58)8-9-31-32-21-37-62(36(70)24-67,59(32,2)23-34(69)43(31)58)86-55(84-37)28-6-3-26(4-7-28)22-60-44-47-45(60)49-46(60)48(44)61(47,49)65-57(81)82-25-27-5-10-35(83-56-52(78)50(76)51(77)53(85-56)54(79)80)33(19-27)64-39(72)16-18-63-38(71)11-14-42(75)87-66-40(73)12-13-41(66)74/h3-7,10,15,17,19-20,31-32,34,37,43-53,55-56,67,69,76-78H,8-9,11-14,16,18,21-25H2,1-2H3,(H,63,71)(H,64,72)(H,65,81)(H,79,80)/t31-,32-,34-,37+,43+,44?,45?,46?,47?,48?,49?,50-,51-,52+,53-,55+,56+,58-,59-,60?,61?,62+/m0/s1. The van der Waals surface area contributed by atoms with Crippen molar-refractivity contribution in [1.82, 2.24) is 15.7 Å². The number of carbonyl (C=O) groups is 9. The summed E-state index contributed by atoms with van der Waals surface area (Å²) in [5.41, 5.74) is 0.344. The van der Waals surface area contributed by atoms with E-state index < -0.39 is 126 Å². The fourth-order valence-corrected chi connectivity index (χ4v) is 19.5. The first-order valence-electron chi connectivity index (χ1n) is 30.0. The van der Waals surface area contributed by atoms with Gasteiger partial charge in [0.05, 0.1) is 29.9 Å². The molecule has 462 valence electrons. The molecule has 0 bridgehead atoms. The third kappa shape index (κ3) is 8.07. The van der Waals surface area contributed by atoms with Crippen LogP contribution in [0, 0.1) is 69.5 Å². The lowest BCUT2D eigenvalue weighted by molar-refractivity contribution is -0.624. The molecule has 14 atom stereocenters. The van der Waals surface area contributed by atoms with Crippen molar-refractivity contribution in [3.8, 4) is 5.75 Å². The molecule has 25 heteroatoms. The van der Waals surface area contributed by atoms with Gasteiger partial charge in [-0.3, -0.25) is 28.8 Å². The van der Waals surface area contributed by atoms with E-state index in [1.54, 1.807) is 12.2 Å². The molecule has 3 aliphatic heterocycles.